The lowest BCUT2D eigenvalue weighted by molar-refractivity contribution is -0.137. The lowest BCUT2D eigenvalue weighted by Gasteiger charge is -2.38. The molecule has 3 rings (SSSR count). The van der Waals surface area contributed by atoms with Crippen LogP contribution in [-0.4, -0.2) is 71.8 Å². The SMILES string of the molecule is CC1CCCCN1C(=O)CN1CCN(C(=O)CCC2CCCC2)CC1. The molecule has 0 N–H and O–H groups in total. The van der Waals surface area contributed by atoms with Gasteiger partial charge in [0.15, 0.2) is 0 Å². The van der Waals surface area contributed by atoms with E-state index in [9.17, 15) is 9.59 Å². The van der Waals surface area contributed by atoms with Crippen molar-refractivity contribution in [3.8, 4) is 0 Å². The molecule has 1 atom stereocenters. The van der Waals surface area contributed by atoms with Crippen LogP contribution in [0.5, 0.6) is 0 Å². The van der Waals surface area contributed by atoms with E-state index in [2.05, 4.69) is 16.7 Å². The van der Waals surface area contributed by atoms with E-state index in [1.165, 1.54) is 32.1 Å². The fraction of sp³-hybridized carbons (Fsp3) is 0.900. The summed E-state index contributed by atoms with van der Waals surface area (Å²) < 4.78 is 0. The molecular weight excluding hydrogens is 314 g/mol. The van der Waals surface area contributed by atoms with Crippen LogP contribution in [0.2, 0.25) is 0 Å². The molecule has 2 saturated heterocycles. The van der Waals surface area contributed by atoms with Crippen LogP contribution in [0.25, 0.3) is 0 Å². The number of carbonyl (C=O) groups excluding carboxylic acids is 2. The standard InChI is InChI=1S/C20H35N3O2/c1-17-6-4-5-11-23(17)20(25)16-21-12-14-22(15-13-21)19(24)10-9-18-7-2-3-8-18/h17-18H,2-16H2,1H3. The number of hydrogen-bond donors (Lipinski definition) is 0. The molecule has 25 heavy (non-hydrogen) atoms. The molecule has 0 spiro atoms. The van der Waals surface area contributed by atoms with Crippen molar-refractivity contribution in [3.63, 3.8) is 0 Å². The molecule has 5 heteroatoms. The van der Waals surface area contributed by atoms with E-state index in [1.807, 2.05) is 4.90 Å². The minimum absolute atomic E-state index is 0.271. The Hall–Kier alpha value is -1.10. The third-order valence-electron chi connectivity index (χ3n) is 6.45. The molecule has 5 nitrogen and oxygen atoms in total. The van der Waals surface area contributed by atoms with E-state index in [0.29, 0.717) is 18.5 Å². The molecule has 1 aliphatic carbocycles. The average Bonchev–Trinajstić information content (AvgIpc) is 3.14. The van der Waals surface area contributed by atoms with E-state index in [1.54, 1.807) is 0 Å². The molecular formula is C20H35N3O2. The van der Waals surface area contributed by atoms with Crippen LogP contribution >= 0.6 is 0 Å². The Morgan fingerprint density at radius 3 is 2.20 bits per heavy atom. The third kappa shape index (κ3) is 5.19. The minimum Gasteiger partial charge on any atom is -0.340 e. The maximum Gasteiger partial charge on any atom is 0.236 e. The topological polar surface area (TPSA) is 43.9 Å². The van der Waals surface area contributed by atoms with Gasteiger partial charge in [0.1, 0.15) is 0 Å². The van der Waals surface area contributed by atoms with Crippen molar-refractivity contribution in [1.29, 1.82) is 0 Å². The number of rotatable bonds is 5. The molecule has 2 heterocycles. The Morgan fingerprint density at radius 2 is 1.52 bits per heavy atom. The second-order valence-electron chi connectivity index (χ2n) is 8.28. The zero-order valence-electron chi connectivity index (χ0n) is 15.9. The number of amides is 2. The average molecular weight is 350 g/mol. The smallest absolute Gasteiger partial charge is 0.236 e. The van der Waals surface area contributed by atoms with Crippen molar-refractivity contribution in [1.82, 2.24) is 14.7 Å². The highest BCUT2D eigenvalue weighted by atomic mass is 16.2. The lowest BCUT2D eigenvalue weighted by atomic mass is 10.0. The monoisotopic (exact) mass is 349 g/mol. The predicted molar refractivity (Wildman–Crippen MR) is 99.2 cm³/mol. The van der Waals surface area contributed by atoms with Gasteiger partial charge < -0.3 is 9.80 Å². The Kier molecular flexibility index (Phi) is 6.74. The van der Waals surface area contributed by atoms with Gasteiger partial charge in [-0.2, -0.15) is 0 Å². The lowest BCUT2D eigenvalue weighted by Crippen LogP contribution is -2.53. The zero-order chi connectivity index (χ0) is 17.6. The number of piperidine rings is 1. The highest BCUT2D eigenvalue weighted by Crippen LogP contribution is 2.28. The van der Waals surface area contributed by atoms with Gasteiger partial charge in [-0.15, -0.1) is 0 Å². The van der Waals surface area contributed by atoms with E-state index in [0.717, 1.165) is 64.3 Å². The van der Waals surface area contributed by atoms with Gasteiger partial charge in [-0.3, -0.25) is 14.5 Å². The Bertz CT molecular complexity index is 454. The number of likely N-dealkylation sites (tertiary alicyclic amines) is 1. The molecule has 3 fully saturated rings. The molecule has 2 amide bonds. The van der Waals surface area contributed by atoms with Crippen LogP contribution in [0.3, 0.4) is 0 Å². The minimum atomic E-state index is 0.271. The molecule has 0 aromatic rings. The van der Waals surface area contributed by atoms with Crippen LogP contribution in [-0.2, 0) is 9.59 Å². The molecule has 1 saturated carbocycles. The van der Waals surface area contributed by atoms with Crippen LogP contribution in [0, 0.1) is 5.92 Å². The first-order valence-electron chi connectivity index (χ1n) is 10.4. The first kappa shape index (κ1) is 18.7. The first-order valence-corrected chi connectivity index (χ1v) is 10.4. The largest absolute Gasteiger partial charge is 0.340 e. The van der Waals surface area contributed by atoms with Crippen molar-refractivity contribution < 1.29 is 9.59 Å². The predicted octanol–water partition coefficient (Wildman–Crippen LogP) is 2.50. The first-order chi connectivity index (χ1) is 12.1. The Labute approximate surface area is 152 Å². The maximum atomic E-state index is 12.5. The zero-order valence-corrected chi connectivity index (χ0v) is 15.9. The Balaban J connectivity index is 1.36. The van der Waals surface area contributed by atoms with Crippen LogP contribution < -0.4 is 0 Å². The normalized spacial score (nSPS) is 26.2. The summed E-state index contributed by atoms with van der Waals surface area (Å²) in [6.07, 6.45) is 10.6. The quantitative estimate of drug-likeness (QED) is 0.766. The van der Waals surface area contributed by atoms with Gasteiger partial charge in [0, 0.05) is 45.2 Å². The fourth-order valence-electron chi connectivity index (χ4n) is 4.69. The summed E-state index contributed by atoms with van der Waals surface area (Å²) in [6, 6.07) is 0.389. The van der Waals surface area contributed by atoms with Crippen LogP contribution in [0.4, 0.5) is 0 Å². The summed E-state index contributed by atoms with van der Waals surface area (Å²) >= 11 is 0. The highest BCUT2D eigenvalue weighted by Gasteiger charge is 2.27. The van der Waals surface area contributed by atoms with Crippen molar-refractivity contribution in [3.05, 3.63) is 0 Å². The molecule has 0 radical (unpaired) electrons. The van der Waals surface area contributed by atoms with Crippen LogP contribution in [0.1, 0.15) is 64.7 Å². The summed E-state index contributed by atoms with van der Waals surface area (Å²) in [4.78, 5) is 31.2. The molecule has 1 unspecified atom stereocenters. The van der Waals surface area contributed by atoms with Gasteiger partial charge >= 0.3 is 0 Å². The van der Waals surface area contributed by atoms with Gasteiger partial charge in [-0.05, 0) is 38.5 Å². The molecule has 0 aromatic carbocycles. The van der Waals surface area contributed by atoms with E-state index in [-0.39, 0.29) is 5.91 Å². The maximum absolute atomic E-state index is 12.5. The van der Waals surface area contributed by atoms with Gasteiger partial charge in [0.2, 0.25) is 11.8 Å². The van der Waals surface area contributed by atoms with Crippen molar-refractivity contribution in [2.75, 3.05) is 39.3 Å². The summed E-state index contributed by atoms with van der Waals surface area (Å²) in [5.41, 5.74) is 0. The number of nitrogens with zero attached hydrogens (tertiary/aromatic N) is 3. The van der Waals surface area contributed by atoms with Crippen molar-refractivity contribution >= 4 is 11.8 Å². The molecule has 0 bridgehead atoms. The number of piperazine rings is 1. The second kappa shape index (κ2) is 9.02. The molecule has 2 aliphatic heterocycles. The summed E-state index contributed by atoms with van der Waals surface area (Å²) in [7, 11) is 0. The Morgan fingerprint density at radius 1 is 0.840 bits per heavy atom. The molecule has 142 valence electrons. The molecule has 0 aromatic heterocycles. The van der Waals surface area contributed by atoms with Crippen molar-refractivity contribution in [2.45, 2.75) is 70.8 Å². The fourth-order valence-corrected chi connectivity index (χ4v) is 4.69. The highest BCUT2D eigenvalue weighted by molar-refractivity contribution is 5.79. The summed E-state index contributed by atoms with van der Waals surface area (Å²) in [5.74, 6) is 1.38. The van der Waals surface area contributed by atoms with E-state index in [4.69, 9.17) is 0 Å². The summed E-state index contributed by atoms with van der Waals surface area (Å²) in [6.45, 7) is 6.84. The number of hydrogen-bond acceptors (Lipinski definition) is 3. The van der Waals surface area contributed by atoms with E-state index < -0.39 is 0 Å². The van der Waals surface area contributed by atoms with Crippen molar-refractivity contribution in [2.24, 2.45) is 5.92 Å². The second-order valence-corrected chi connectivity index (χ2v) is 8.28. The number of carbonyl (C=O) groups is 2. The van der Waals surface area contributed by atoms with Gasteiger partial charge in [-0.25, -0.2) is 0 Å². The van der Waals surface area contributed by atoms with Gasteiger partial charge in [0.25, 0.3) is 0 Å². The third-order valence-corrected chi connectivity index (χ3v) is 6.45. The van der Waals surface area contributed by atoms with Gasteiger partial charge in [0.05, 0.1) is 6.54 Å². The van der Waals surface area contributed by atoms with E-state index >= 15 is 0 Å². The summed E-state index contributed by atoms with van der Waals surface area (Å²) in [5, 5.41) is 0. The van der Waals surface area contributed by atoms with Gasteiger partial charge in [-0.1, -0.05) is 25.7 Å². The van der Waals surface area contributed by atoms with Crippen LogP contribution in [0.15, 0.2) is 0 Å². The molecule has 3 aliphatic rings.